The van der Waals surface area contributed by atoms with Crippen LogP contribution in [0.15, 0.2) is 42.5 Å². The van der Waals surface area contributed by atoms with Crippen LogP contribution in [0.2, 0.25) is 0 Å². The zero-order valence-corrected chi connectivity index (χ0v) is 11.6. The van der Waals surface area contributed by atoms with E-state index in [9.17, 15) is 14.3 Å². The number of benzene rings is 2. The third kappa shape index (κ3) is 2.75. The van der Waals surface area contributed by atoms with Gasteiger partial charge in [0.05, 0.1) is 11.3 Å². The van der Waals surface area contributed by atoms with Crippen molar-refractivity contribution in [2.24, 2.45) is 0 Å². The first-order valence-corrected chi connectivity index (χ1v) is 7.00. The molecule has 0 radical (unpaired) electrons. The number of rotatable bonds is 2. The van der Waals surface area contributed by atoms with E-state index in [-0.39, 0.29) is 5.56 Å². The van der Waals surface area contributed by atoms with Gasteiger partial charge in [-0.25, -0.2) is 9.18 Å². The number of fused-ring (bicyclic) bond motifs is 1. The number of aromatic carboxylic acids is 1. The van der Waals surface area contributed by atoms with Crippen molar-refractivity contribution in [2.75, 3.05) is 11.4 Å². The molecular weight excluding hydrogens is 269 g/mol. The number of anilines is 1. The Bertz CT molecular complexity index is 684. The molecule has 2 aromatic carbocycles. The van der Waals surface area contributed by atoms with Crippen LogP contribution < -0.4 is 4.90 Å². The molecule has 108 valence electrons. The molecule has 4 heteroatoms. The van der Waals surface area contributed by atoms with E-state index in [2.05, 4.69) is 12.1 Å². The molecule has 1 N–H and O–H groups in total. The molecule has 1 heterocycles. The molecule has 0 spiro atoms. The first kappa shape index (κ1) is 13.6. The Balaban J connectivity index is 2.00. The minimum Gasteiger partial charge on any atom is -0.478 e. The fourth-order valence-electron chi connectivity index (χ4n) is 2.86. The Labute approximate surface area is 122 Å². The van der Waals surface area contributed by atoms with Crippen LogP contribution in [0.1, 0.15) is 27.9 Å². The highest BCUT2D eigenvalue weighted by molar-refractivity contribution is 5.94. The monoisotopic (exact) mass is 285 g/mol. The van der Waals surface area contributed by atoms with E-state index < -0.39 is 11.8 Å². The summed E-state index contributed by atoms with van der Waals surface area (Å²) in [5, 5.41) is 9.29. The third-order valence-corrected chi connectivity index (χ3v) is 3.88. The van der Waals surface area contributed by atoms with Gasteiger partial charge < -0.3 is 10.0 Å². The van der Waals surface area contributed by atoms with Crippen LogP contribution in [0.3, 0.4) is 0 Å². The van der Waals surface area contributed by atoms with E-state index in [1.165, 1.54) is 17.2 Å². The fraction of sp³-hybridized carbons (Fsp3) is 0.235. The summed E-state index contributed by atoms with van der Waals surface area (Å²) in [4.78, 5) is 13.4. The van der Waals surface area contributed by atoms with E-state index >= 15 is 0 Å². The number of halogens is 1. The van der Waals surface area contributed by atoms with Crippen LogP contribution in [0.4, 0.5) is 10.1 Å². The van der Waals surface area contributed by atoms with Gasteiger partial charge in [0.2, 0.25) is 0 Å². The third-order valence-electron chi connectivity index (χ3n) is 3.88. The molecule has 2 aromatic rings. The Hall–Kier alpha value is -2.36. The van der Waals surface area contributed by atoms with Crippen LogP contribution >= 0.6 is 0 Å². The van der Waals surface area contributed by atoms with Crippen molar-refractivity contribution in [3.05, 3.63) is 65.0 Å². The molecule has 3 rings (SSSR count). The largest absolute Gasteiger partial charge is 0.478 e. The topological polar surface area (TPSA) is 40.5 Å². The number of carboxylic acid groups (broad SMARTS) is 1. The lowest BCUT2D eigenvalue weighted by atomic mass is 10.0. The van der Waals surface area contributed by atoms with Crippen LogP contribution in [-0.4, -0.2) is 17.6 Å². The maximum atomic E-state index is 13.3. The number of aryl methyl sites for hydroxylation is 1. The van der Waals surface area contributed by atoms with Crippen LogP contribution in [0.25, 0.3) is 0 Å². The highest BCUT2D eigenvalue weighted by atomic mass is 19.1. The molecule has 0 saturated carbocycles. The summed E-state index contributed by atoms with van der Waals surface area (Å²) in [7, 11) is 0. The van der Waals surface area contributed by atoms with Gasteiger partial charge in [0.15, 0.2) is 0 Å². The van der Waals surface area contributed by atoms with Crippen molar-refractivity contribution in [1.29, 1.82) is 0 Å². The van der Waals surface area contributed by atoms with E-state index in [4.69, 9.17) is 0 Å². The second kappa shape index (κ2) is 5.56. The standard InChI is InChI=1S/C17H16FNO2/c18-14-7-8-16(15(10-14)17(20)21)19-9-3-6-12-4-1-2-5-13(12)11-19/h1-2,4-5,7-8,10H,3,6,9,11H2,(H,20,21). The van der Waals surface area contributed by atoms with Gasteiger partial charge in [0, 0.05) is 13.1 Å². The van der Waals surface area contributed by atoms with E-state index in [1.54, 1.807) is 6.07 Å². The SMILES string of the molecule is O=C(O)c1cc(F)ccc1N1CCCc2ccccc2C1. The van der Waals surface area contributed by atoms with Gasteiger partial charge in [0.1, 0.15) is 5.82 Å². The first-order chi connectivity index (χ1) is 10.1. The molecule has 3 nitrogen and oxygen atoms in total. The second-order valence-electron chi connectivity index (χ2n) is 5.26. The quantitative estimate of drug-likeness (QED) is 0.918. The highest BCUT2D eigenvalue weighted by Gasteiger charge is 2.20. The Morgan fingerprint density at radius 2 is 1.90 bits per heavy atom. The molecule has 0 bridgehead atoms. The summed E-state index contributed by atoms with van der Waals surface area (Å²) in [5.74, 6) is -1.62. The molecule has 0 amide bonds. The molecule has 0 saturated heterocycles. The van der Waals surface area contributed by atoms with Crippen molar-refractivity contribution in [1.82, 2.24) is 0 Å². The Morgan fingerprint density at radius 3 is 2.67 bits per heavy atom. The maximum Gasteiger partial charge on any atom is 0.337 e. The summed E-state index contributed by atoms with van der Waals surface area (Å²) in [6.07, 6.45) is 1.93. The molecule has 0 atom stereocenters. The van der Waals surface area contributed by atoms with Crippen molar-refractivity contribution in [3.63, 3.8) is 0 Å². The lowest BCUT2D eigenvalue weighted by Crippen LogP contribution is -2.24. The molecule has 0 fully saturated rings. The summed E-state index contributed by atoms with van der Waals surface area (Å²) >= 11 is 0. The van der Waals surface area contributed by atoms with Gasteiger partial charge in [-0.2, -0.15) is 0 Å². The zero-order valence-electron chi connectivity index (χ0n) is 11.6. The first-order valence-electron chi connectivity index (χ1n) is 7.00. The Morgan fingerprint density at radius 1 is 1.14 bits per heavy atom. The van der Waals surface area contributed by atoms with Gasteiger partial charge in [-0.05, 0) is 42.2 Å². The van der Waals surface area contributed by atoms with Crippen LogP contribution in [-0.2, 0) is 13.0 Å². The van der Waals surface area contributed by atoms with Gasteiger partial charge >= 0.3 is 5.97 Å². The molecular formula is C17H16FNO2. The second-order valence-corrected chi connectivity index (χ2v) is 5.26. The predicted octanol–water partition coefficient (Wildman–Crippen LogP) is 3.48. The number of nitrogens with zero attached hydrogens (tertiary/aromatic N) is 1. The average Bonchev–Trinajstić information content (AvgIpc) is 2.69. The normalized spacial score (nSPS) is 14.4. The van der Waals surface area contributed by atoms with Crippen molar-refractivity contribution in [2.45, 2.75) is 19.4 Å². The molecule has 0 aromatic heterocycles. The molecule has 1 aliphatic rings. The Kier molecular flexibility index (Phi) is 3.60. The minimum absolute atomic E-state index is 0.0226. The number of hydrogen-bond acceptors (Lipinski definition) is 2. The summed E-state index contributed by atoms with van der Waals surface area (Å²) in [6, 6.07) is 12.2. The van der Waals surface area contributed by atoms with Gasteiger partial charge in [-0.3, -0.25) is 0 Å². The van der Waals surface area contributed by atoms with Gasteiger partial charge in [-0.1, -0.05) is 24.3 Å². The number of carboxylic acids is 1. The van der Waals surface area contributed by atoms with E-state index in [0.717, 1.165) is 25.5 Å². The van der Waals surface area contributed by atoms with Gasteiger partial charge in [0.25, 0.3) is 0 Å². The summed E-state index contributed by atoms with van der Waals surface area (Å²) in [6.45, 7) is 1.42. The maximum absolute atomic E-state index is 13.3. The van der Waals surface area contributed by atoms with Crippen LogP contribution in [0.5, 0.6) is 0 Å². The van der Waals surface area contributed by atoms with Crippen molar-refractivity contribution >= 4 is 11.7 Å². The van der Waals surface area contributed by atoms with Crippen molar-refractivity contribution < 1.29 is 14.3 Å². The highest BCUT2D eigenvalue weighted by Crippen LogP contribution is 2.27. The smallest absolute Gasteiger partial charge is 0.337 e. The summed E-state index contributed by atoms with van der Waals surface area (Å²) < 4.78 is 13.3. The average molecular weight is 285 g/mol. The predicted molar refractivity (Wildman–Crippen MR) is 79.2 cm³/mol. The van der Waals surface area contributed by atoms with Gasteiger partial charge in [-0.15, -0.1) is 0 Å². The van der Waals surface area contributed by atoms with E-state index in [0.29, 0.717) is 12.2 Å². The van der Waals surface area contributed by atoms with Crippen LogP contribution in [0, 0.1) is 5.82 Å². The molecule has 0 unspecified atom stereocenters. The fourth-order valence-corrected chi connectivity index (χ4v) is 2.86. The zero-order chi connectivity index (χ0) is 14.8. The lowest BCUT2D eigenvalue weighted by molar-refractivity contribution is 0.0697. The lowest BCUT2D eigenvalue weighted by Gasteiger charge is -2.25. The molecule has 21 heavy (non-hydrogen) atoms. The van der Waals surface area contributed by atoms with Crippen molar-refractivity contribution in [3.8, 4) is 0 Å². The van der Waals surface area contributed by atoms with E-state index in [1.807, 2.05) is 17.0 Å². The number of carbonyl (C=O) groups is 1. The molecule has 0 aliphatic carbocycles. The summed E-state index contributed by atoms with van der Waals surface area (Å²) in [5.41, 5.74) is 3.12. The molecule has 1 aliphatic heterocycles. The number of hydrogen-bond donors (Lipinski definition) is 1. The minimum atomic E-state index is -1.10.